The minimum Gasteiger partial charge on any atom is -0.395 e. The van der Waals surface area contributed by atoms with Crippen molar-refractivity contribution in [2.75, 3.05) is 52.4 Å². The average Bonchev–Trinajstić information content (AvgIpc) is 3.61. The molecular weight excluding hydrogens is 813 g/mol. The first kappa shape index (κ1) is 62.8. The van der Waals surface area contributed by atoms with Gasteiger partial charge in [-0.1, -0.05) is 220 Å². The third-order valence-electron chi connectivity index (χ3n) is 15.2. The van der Waals surface area contributed by atoms with Gasteiger partial charge in [0.15, 0.2) is 0 Å². The van der Waals surface area contributed by atoms with Crippen molar-refractivity contribution in [2.24, 2.45) is 11.8 Å². The van der Waals surface area contributed by atoms with E-state index in [-0.39, 0.29) is 18.4 Å². The summed E-state index contributed by atoms with van der Waals surface area (Å²) in [5.41, 5.74) is 0. The number of carbonyl (C=O) groups is 2. The molecule has 1 aliphatic rings. The molecule has 0 unspecified atom stereocenters. The highest BCUT2D eigenvalue weighted by Crippen LogP contribution is 2.24. The van der Waals surface area contributed by atoms with E-state index in [1.165, 1.54) is 218 Å². The SMILES string of the molecule is CCCCCCCCC(CCCCCCCC)CNC(=O)CCCCCN(CCO)CCN(CCCCCC(=O)NCC(CCCCCCCC)CCCCCCCC)C1CCCCCC1. The number of rotatable bonds is 50. The van der Waals surface area contributed by atoms with Crippen LogP contribution in [0.15, 0.2) is 0 Å². The van der Waals surface area contributed by atoms with Crippen LogP contribution < -0.4 is 10.6 Å². The normalized spacial score (nSPS) is 13.7. The number of aliphatic hydroxyl groups is 1. The number of nitrogens with zero attached hydrogens (tertiary/aromatic N) is 2. The molecule has 7 heteroatoms. The van der Waals surface area contributed by atoms with Gasteiger partial charge in [-0.05, 0) is 89.1 Å². The number of hydrogen-bond donors (Lipinski definition) is 3. The molecule has 0 aromatic carbocycles. The van der Waals surface area contributed by atoms with E-state index in [9.17, 15) is 14.7 Å². The van der Waals surface area contributed by atoms with Crippen molar-refractivity contribution >= 4 is 11.8 Å². The molecule has 3 N–H and O–H groups in total. The summed E-state index contributed by atoms with van der Waals surface area (Å²) in [5, 5.41) is 16.7. The lowest BCUT2D eigenvalue weighted by Crippen LogP contribution is -2.42. The molecule has 1 rings (SSSR count). The van der Waals surface area contributed by atoms with Crippen LogP contribution in [0, 0.1) is 11.8 Å². The highest BCUT2D eigenvalue weighted by atomic mass is 16.3. The van der Waals surface area contributed by atoms with Crippen molar-refractivity contribution < 1.29 is 14.7 Å². The summed E-state index contributed by atoms with van der Waals surface area (Å²) in [6.07, 6.45) is 53.0. The molecule has 0 spiro atoms. The molecule has 2 amide bonds. The maximum atomic E-state index is 13.0. The Labute approximate surface area is 413 Å². The van der Waals surface area contributed by atoms with E-state index in [0.717, 1.165) is 84.3 Å². The van der Waals surface area contributed by atoms with Gasteiger partial charge >= 0.3 is 0 Å². The zero-order valence-electron chi connectivity index (χ0n) is 45.2. The zero-order chi connectivity index (χ0) is 47.8. The second kappa shape index (κ2) is 48.8. The molecule has 7 nitrogen and oxygen atoms in total. The van der Waals surface area contributed by atoms with Gasteiger partial charge in [-0.25, -0.2) is 0 Å². The fourth-order valence-electron chi connectivity index (χ4n) is 10.7. The van der Waals surface area contributed by atoms with Crippen molar-refractivity contribution in [3.05, 3.63) is 0 Å². The van der Waals surface area contributed by atoms with Crippen LogP contribution in [0.5, 0.6) is 0 Å². The molecule has 0 aliphatic heterocycles. The van der Waals surface area contributed by atoms with Crippen LogP contribution in [0.3, 0.4) is 0 Å². The van der Waals surface area contributed by atoms with Gasteiger partial charge in [0.25, 0.3) is 0 Å². The first-order valence-corrected chi connectivity index (χ1v) is 30.1. The Hall–Kier alpha value is -1.18. The summed E-state index contributed by atoms with van der Waals surface area (Å²) >= 11 is 0. The number of amides is 2. The van der Waals surface area contributed by atoms with E-state index < -0.39 is 0 Å². The van der Waals surface area contributed by atoms with E-state index in [1.807, 2.05) is 0 Å². The molecule has 1 fully saturated rings. The molecule has 0 heterocycles. The summed E-state index contributed by atoms with van der Waals surface area (Å²) in [6.45, 7) is 16.0. The fourth-order valence-corrected chi connectivity index (χ4v) is 10.7. The van der Waals surface area contributed by atoms with E-state index in [1.54, 1.807) is 0 Å². The Morgan fingerprint density at radius 2 is 0.788 bits per heavy atom. The molecule has 0 saturated heterocycles. The van der Waals surface area contributed by atoms with Crippen LogP contribution in [-0.4, -0.2) is 85.2 Å². The van der Waals surface area contributed by atoms with Crippen LogP contribution >= 0.6 is 0 Å². The van der Waals surface area contributed by atoms with Crippen LogP contribution in [0.4, 0.5) is 0 Å². The van der Waals surface area contributed by atoms with Gasteiger partial charge < -0.3 is 15.7 Å². The van der Waals surface area contributed by atoms with Crippen molar-refractivity contribution in [2.45, 2.75) is 303 Å². The maximum absolute atomic E-state index is 13.0. The van der Waals surface area contributed by atoms with Crippen LogP contribution in [0.25, 0.3) is 0 Å². The van der Waals surface area contributed by atoms with E-state index in [2.05, 4.69) is 48.1 Å². The summed E-state index contributed by atoms with van der Waals surface area (Å²) < 4.78 is 0. The first-order valence-electron chi connectivity index (χ1n) is 30.1. The highest BCUT2D eigenvalue weighted by Gasteiger charge is 2.21. The fraction of sp³-hybridized carbons (Fsp3) is 0.966. The minimum atomic E-state index is 0.200. The second-order valence-corrected chi connectivity index (χ2v) is 21.4. The minimum absolute atomic E-state index is 0.200. The van der Waals surface area contributed by atoms with E-state index >= 15 is 0 Å². The molecule has 392 valence electrons. The van der Waals surface area contributed by atoms with Gasteiger partial charge in [0.1, 0.15) is 0 Å². The Morgan fingerprint density at radius 1 is 0.424 bits per heavy atom. The van der Waals surface area contributed by atoms with Gasteiger partial charge in [0.2, 0.25) is 11.8 Å². The standard InChI is InChI=1S/C59H118N4O3/c1-5-9-13-17-21-29-39-55(40-30-22-18-14-10-6-2)53-60-58(65)45-35-27-37-47-62(51-52-64)49-50-63(57-43-33-25-26-34-44-57)48-38-28-36-46-59(66)61-54-56(41-31-23-19-15-11-7-3)42-32-24-20-16-12-8-4/h55-57,64H,5-54H2,1-4H3,(H,60,65)(H,61,66). The summed E-state index contributed by atoms with van der Waals surface area (Å²) in [5.74, 6) is 1.77. The molecule has 0 aromatic rings. The Bertz CT molecular complexity index is 987. The number of nitrogens with one attached hydrogen (secondary N) is 2. The largest absolute Gasteiger partial charge is 0.395 e. The lowest BCUT2D eigenvalue weighted by Gasteiger charge is -2.33. The summed E-state index contributed by atoms with van der Waals surface area (Å²) in [4.78, 5) is 31.2. The topological polar surface area (TPSA) is 84.9 Å². The lowest BCUT2D eigenvalue weighted by atomic mass is 9.94. The van der Waals surface area contributed by atoms with E-state index in [0.29, 0.717) is 30.7 Å². The first-order chi connectivity index (χ1) is 32.5. The lowest BCUT2D eigenvalue weighted by molar-refractivity contribution is -0.122. The second-order valence-electron chi connectivity index (χ2n) is 21.4. The third-order valence-corrected chi connectivity index (χ3v) is 15.2. The van der Waals surface area contributed by atoms with Crippen molar-refractivity contribution in [3.8, 4) is 0 Å². The highest BCUT2D eigenvalue weighted by molar-refractivity contribution is 5.76. The molecule has 0 atom stereocenters. The van der Waals surface area contributed by atoms with Gasteiger partial charge in [-0.15, -0.1) is 0 Å². The van der Waals surface area contributed by atoms with Crippen LogP contribution in [0.1, 0.15) is 297 Å². The quantitative estimate of drug-likeness (QED) is 0.0418. The molecule has 1 aliphatic carbocycles. The monoisotopic (exact) mass is 931 g/mol. The summed E-state index contributed by atoms with van der Waals surface area (Å²) in [6, 6.07) is 0.664. The van der Waals surface area contributed by atoms with Crippen molar-refractivity contribution in [3.63, 3.8) is 0 Å². The zero-order valence-corrected chi connectivity index (χ0v) is 45.2. The molecule has 1 saturated carbocycles. The van der Waals surface area contributed by atoms with Gasteiger partial charge in [-0.3, -0.25) is 19.4 Å². The molecule has 0 radical (unpaired) electrons. The third kappa shape index (κ3) is 39.6. The Morgan fingerprint density at radius 3 is 1.18 bits per heavy atom. The van der Waals surface area contributed by atoms with Crippen LogP contribution in [0.2, 0.25) is 0 Å². The average molecular weight is 932 g/mol. The molecule has 0 bridgehead atoms. The van der Waals surface area contributed by atoms with Crippen molar-refractivity contribution in [1.29, 1.82) is 0 Å². The predicted molar refractivity (Wildman–Crippen MR) is 288 cm³/mol. The molecular formula is C59H118N4O3. The van der Waals surface area contributed by atoms with Gasteiger partial charge in [-0.2, -0.15) is 0 Å². The van der Waals surface area contributed by atoms with Gasteiger partial charge in [0.05, 0.1) is 6.61 Å². The summed E-state index contributed by atoms with van der Waals surface area (Å²) in [7, 11) is 0. The Kier molecular flexibility index (Phi) is 46.5. The van der Waals surface area contributed by atoms with Gasteiger partial charge in [0, 0.05) is 51.6 Å². The Balaban J connectivity index is 2.50. The number of unbranched alkanes of at least 4 members (excludes halogenated alkanes) is 24. The maximum Gasteiger partial charge on any atom is 0.220 e. The smallest absolute Gasteiger partial charge is 0.220 e. The number of hydrogen-bond acceptors (Lipinski definition) is 5. The number of carbonyl (C=O) groups excluding carboxylic acids is 2. The number of aliphatic hydroxyl groups excluding tert-OH is 1. The molecule has 0 aromatic heterocycles. The van der Waals surface area contributed by atoms with Crippen LogP contribution in [-0.2, 0) is 9.59 Å². The predicted octanol–water partition coefficient (Wildman–Crippen LogP) is 15.9. The molecule has 66 heavy (non-hydrogen) atoms. The van der Waals surface area contributed by atoms with Crippen molar-refractivity contribution in [1.82, 2.24) is 20.4 Å². The van der Waals surface area contributed by atoms with E-state index in [4.69, 9.17) is 0 Å².